The van der Waals surface area contributed by atoms with Gasteiger partial charge in [-0.2, -0.15) is 13.2 Å². The number of alkyl halides is 4. The van der Waals surface area contributed by atoms with Gasteiger partial charge in [0.05, 0.1) is 0 Å². The highest BCUT2D eigenvalue weighted by molar-refractivity contribution is 9.08. The maximum absolute atomic E-state index is 11.9. The molecular weight excluding hydrogens is 310 g/mol. The SMILES string of the molecule is O=C(Nc1ccc(CBr)c(Cl)c1)C(F)(F)F. The maximum Gasteiger partial charge on any atom is 0.471 e. The summed E-state index contributed by atoms with van der Waals surface area (Å²) in [5.74, 6) is -2.02. The zero-order chi connectivity index (χ0) is 12.3. The lowest BCUT2D eigenvalue weighted by Gasteiger charge is -2.09. The molecule has 0 aliphatic rings. The molecule has 0 unspecified atom stereocenters. The zero-order valence-electron chi connectivity index (χ0n) is 7.74. The predicted molar refractivity (Wildman–Crippen MR) is 58.8 cm³/mol. The van der Waals surface area contributed by atoms with Gasteiger partial charge >= 0.3 is 12.1 Å². The van der Waals surface area contributed by atoms with E-state index < -0.39 is 12.1 Å². The number of halogens is 5. The van der Waals surface area contributed by atoms with E-state index in [9.17, 15) is 18.0 Å². The van der Waals surface area contributed by atoms with E-state index in [0.29, 0.717) is 5.33 Å². The molecular formula is C9H6BrClF3NO. The summed E-state index contributed by atoms with van der Waals surface area (Å²) in [5, 5.41) is 2.48. The van der Waals surface area contributed by atoms with E-state index in [1.165, 1.54) is 18.2 Å². The van der Waals surface area contributed by atoms with Crippen molar-refractivity contribution >= 4 is 39.1 Å². The molecule has 0 heterocycles. The fraction of sp³-hybridized carbons (Fsp3) is 0.222. The second kappa shape index (κ2) is 5.05. The Morgan fingerprint density at radius 3 is 2.50 bits per heavy atom. The van der Waals surface area contributed by atoms with Gasteiger partial charge in [-0.25, -0.2) is 0 Å². The van der Waals surface area contributed by atoms with E-state index in [0.717, 1.165) is 5.56 Å². The maximum atomic E-state index is 11.9. The summed E-state index contributed by atoms with van der Waals surface area (Å²) in [7, 11) is 0. The molecule has 0 saturated carbocycles. The minimum absolute atomic E-state index is 0.0111. The molecule has 0 saturated heterocycles. The zero-order valence-corrected chi connectivity index (χ0v) is 10.1. The number of carbonyl (C=O) groups excluding carboxylic acids is 1. The Labute approximate surface area is 103 Å². The summed E-state index contributed by atoms with van der Waals surface area (Å²) in [6.07, 6.45) is -4.90. The molecule has 0 fully saturated rings. The molecule has 16 heavy (non-hydrogen) atoms. The van der Waals surface area contributed by atoms with Crippen molar-refractivity contribution < 1.29 is 18.0 Å². The van der Waals surface area contributed by atoms with Crippen LogP contribution >= 0.6 is 27.5 Å². The normalized spacial score (nSPS) is 11.3. The monoisotopic (exact) mass is 315 g/mol. The first kappa shape index (κ1) is 13.3. The lowest BCUT2D eigenvalue weighted by molar-refractivity contribution is -0.167. The summed E-state index contributed by atoms with van der Waals surface area (Å²) in [4.78, 5) is 10.6. The van der Waals surface area contributed by atoms with Crippen molar-refractivity contribution in [2.75, 3.05) is 5.32 Å². The van der Waals surface area contributed by atoms with Gasteiger partial charge in [0.25, 0.3) is 0 Å². The Kier molecular flexibility index (Phi) is 4.21. The van der Waals surface area contributed by atoms with Crippen LogP contribution in [0.15, 0.2) is 18.2 Å². The molecule has 1 aromatic rings. The standard InChI is InChI=1S/C9H6BrClF3NO/c10-4-5-1-2-6(3-7(5)11)15-8(16)9(12,13)14/h1-3H,4H2,(H,15,16). The van der Waals surface area contributed by atoms with Crippen LogP contribution in [0, 0.1) is 0 Å². The Bertz CT molecular complexity index is 408. The lowest BCUT2D eigenvalue weighted by Crippen LogP contribution is -2.29. The summed E-state index contributed by atoms with van der Waals surface area (Å²) in [5.41, 5.74) is 0.740. The van der Waals surface area contributed by atoms with Crippen molar-refractivity contribution in [3.05, 3.63) is 28.8 Å². The van der Waals surface area contributed by atoms with Crippen LogP contribution in [-0.2, 0) is 10.1 Å². The third-order valence-electron chi connectivity index (χ3n) is 1.71. The topological polar surface area (TPSA) is 29.1 Å². The lowest BCUT2D eigenvalue weighted by atomic mass is 10.2. The fourth-order valence-corrected chi connectivity index (χ4v) is 1.83. The van der Waals surface area contributed by atoms with Crippen LogP contribution in [0.5, 0.6) is 0 Å². The molecule has 0 aromatic heterocycles. The molecule has 88 valence electrons. The van der Waals surface area contributed by atoms with Gasteiger partial charge in [-0.15, -0.1) is 0 Å². The summed E-state index contributed by atoms with van der Waals surface area (Å²) in [6.45, 7) is 0. The van der Waals surface area contributed by atoms with Gasteiger partial charge < -0.3 is 5.32 Å². The Morgan fingerprint density at radius 1 is 1.44 bits per heavy atom. The Balaban J connectivity index is 2.84. The van der Waals surface area contributed by atoms with Gasteiger partial charge in [-0.1, -0.05) is 33.6 Å². The van der Waals surface area contributed by atoms with Gasteiger partial charge in [0, 0.05) is 16.0 Å². The average Bonchev–Trinajstić information content (AvgIpc) is 2.16. The molecule has 2 nitrogen and oxygen atoms in total. The highest BCUT2D eigenvalue weighted by Gasteiger charge is 2.38. The van der Waals surface area contributed by atoms with Crippen LogP contribution in [0.25, 0.3) is 0 Å². The van der Waals surface area contributed by atoms with Crippen LogP contribution in [-0.4, -0.2) is 12.1 Å². The number of anilines is 1. The van der Waals surface area contributed by atoms with Crippen LogP contribution in [0.3, 0.4) is 0 Å². The molecule has 0 aliphatic heterocycles. The summed E-state index contributed by atoms with van der Waals surface area (Å²) < 4.78 is 35.8. The molecule has 7 heteroatoms. The average molecular weight is 317 g/mol. The first-order valence-corrected chi connectivity index (χ1v) is 5.57. The number of benzene rings is 1. The number of carbonyl (C=O) groups is 1. The van der Waals surface area contributed by atoms with Crippen LogP contribution in [0.1, 0.15) is 5.56 Å². The molecule has 0 spiro atoms. The van der Waals surface area contributed by atoms with Gasteiger partial charge in [0.15, 0.2) is 0 Å². The van der Waals surface area contributed by atoms with Gasteiger partial charge in [0.1, 0.15) is 0 Å². The third-order valence-corrected chi connectivity index (χ3v) is 2.67. The van der Waals surface area contributed by atoms with Crippen molar-refractivity contribution in [3.63, 3.8) is 0 Å². The molecule has 1 N–H and O–H groups in total. The Morgan fingerprint density at radius 2 is 2.06 bits per heavy atom. The van der Waals surface area contributed by atoms with Crippen molar-refractivity contribution in [2.24, 2.45) is 0 Å². The smallest absolute Gasteiger partial charge is 0.318 e. The second-order valence-corrected chi connectivity index (χ2v) is 3.86. The van der Waals surface area contributed by atoms with E-state index >= 15 is 0 Å². The first-order valence-electron chi connectivity index (χ1n) is 4.07. The van der Waals surface area contributed by atoms with Gasteiger partial charge in [-0.3, -0.25) is 4.79 Å². The summed E-state index contributed by atoms with van der Waals surface area (Å²) >= 11 is 8.93. The van der Waals surface area contributed by atoms with Crippen LogP contribution < -0.4 is 5.32 Å². The quantitative estimate of drug-likeness (QED) is 0.828. The minimum Gasteiger partial charge on any atom is -0.318 e. The van der Waals surface area contributed by atoms with E-state index in [-0.39, 0.29) is 10.7 Å². The number of amides is 1. The molecule has 1 aromatic carbocycles. The van der Waals surface area contributed by atoms with E-state index in [1.54, 1.807) is 5.32 Å². The molecule has 0 bridgehead atoms. The largest absolute Gasteiger partial charge is 0.471 e. The minimum atomic E-state index is -4.90. The highest BCUT2D eigenvalue weighted by atomic mass is 79.9. The second-order valence-electron chi connectivity index (χ2n) is 2.89. The molecule has 1 rings (SSSR count). The van der Waals surface area contributed by atoms with Gasteiger partial charge in [0.2, 0.25) is 0 Å². The molecule has 0 aliphatic carbocycles. The van der Waals surface area contributed by atoms with Crippen molar-refractivity contribution in [1.29, 1.82) is 0 Å². The van der Waals surface area contributed by atoms with E-state index in [4.69, 9.17) is 11.6 Å². The molecule has 0 atom stereocenters. The number of hydrogen-bond donors (Lipinski definition) is 1. The molecule has 0 radical (unpaired) electrons. The van der Waals surface area contributed by atoms with Crippen LogP contribution in [0.4, 0.5) is 18.9 Å². The van der Waals surface area contributed by atoms with Crippen molar-refractivity contribution in [1.82, 2.24) is 0 Å². The van der Waals surface area contributed by atoms with Crippen molar-refractivity contribution in [3.8, 4) is 0 Å². The highest BCUT2D eigenvalue weighted by Crippen LogP contribution is 2.24. The summed E-state index contributed by atoms with van der Waals surface area (Å²) in [6, 6.07) is 4.15. The third kappa shape index (κ3) is 3.38. The Hall–Kier alpha value is -0.750. The fourth-order valence-electron chi connectivity index (χ4n) is 0.935. The van der Waals surface area contributed by atoms with Crippen molar-refractivity contribution in [2.45, 2.75) is 11.5 Å². The van der Waals surface area contributed by atoms with E-state index in [2.05, 4.69) is 15.9 Å². The van der Waals surface area contributed by atoms with Gasteiger partial charge in [-0.05, 0) is 17.7 Å². The number of nitrogens with one attached hydrogen (secondary N) is 1. The predicted octanol–water partition coefficient (Wildman–Crippen LogP) is 3.74. The first-order chi connectivity index (χ1) is 7.34. The molecule has 1 amide bonds. The van der Waals surface area contributed by atoms with E-state index in [1.807, 2.05) is 0 Å². The number of hydrogen-bond acceptors (Lipinski definition) is 1. The van der Waals surface area contributed by atoms with Crippen LogP contribution in [0.2, 0.25) is 5.02 Å². The number of rotatable bonds is 2.